The number of ketones is 1. The number of hydrogen-bond donors (Lipinski definition) is 0. The molecule has 0 bridgehead atoms. The monoisotopic (exact) mass is 484 g/mol. The molecule has 0 aromatic heterocycles. The topological polar surface area (TPSA) is 105 Å². The molecule has 33 heavy (non-hydrogen) atoms. The first-order valence-corrected chi connectivity index (χ1v) is 11.7. The van der Waals surface area contributed by atoms with Crippen LogP contribution in [0.15, 0.2) is 70.3 Å². The molecule has 1 spiro atoms. The molecule has 0 fully saturated rings. The molecule has 0 N–H and O–H groups in total. The first kappa shape index (κ1) is 22.9. The van der Waals surface area contributed by atoms with Gasteiger partial charge < -0.3 is 9.64 Å². The van der Waals surface area contributed by atoms with E-state index in [-0.39, 0.29) is 23.1 Å². The smallest absolute Gasteiger partial charge is 0.346 e. The SMILES string of the molecule is CCOC(=O)C1=C(C)N(c2ccccc2)[C@]2(SC(C(C)=O)=NN2c2ccc([N+](=O)[O-])cc2)S1. The minimum absolute atomic E-state index is 0.0593. The van der Waals surface area contributed by atoms with Crippen molar-refractivity contribution in [3.05, 3.63) is 75.3 Å². The van der Waals surface area contributed by atoms with Crippen LogP contribution in [0.3, 0.4) is 0 Å². The second-order valence-electron chi connectivity index (χ2n) is 7.11. The molecule has 11 heteroatoms. The van der Waals surface area contributed by atoms with Crippen LogP contribution in [0.4, 0.5) is 17.1 Å². The number of nitro groups is 1. The van der Waals surface area contributed by atoms with Crippen molar-refractivity contribution in [3.8, 4) is 0 Å². The Bertz CT molecular complexity index is 1180. The Balaban J connectivity index is 1.88. The number of para-hydroxylation sites is 1. The fraction of sp³-hybridized carbons (Fsp3) is 0.227. The fourth-order valence-corrected chi connectivity index (χ4v) is 6.46. The Morgan fingerprint density at radius 1 is 1.09 bits per heavy atom. The zero-order valence-electron chi connectivity index (χ0n) is 18.0. The second kappa shape index (κ2) is 8.91. The third-order valence-corrected chi connectivity index (χ3v) is 7.92. The van der Waals surface area contributed by atoms with Crippen molar-refractivity contribution in [2.24, 2.45) is 5.10 Å². The average Bonchev–Trinajstić information content (AvgIpc) is 3.32. The Hall–Kier alpha value is -3.31. The number of rotatable bonds is 6. The van der Waals surface area contributed by atoms with Crippen molar-refractivity contribution in [1.82, 2.24) is 0 Å². The number of hydrazone groups is 1. The summed E-state index contributed by atoms with van der Waals surface area (Å²) in [6, 6.07) is 15.4. The number of Topliss-reactive ketones (excluding diaryl/α,β-unsaturated/α-hetero) is 1. The summed E-state index contributed by atoms with van der Waals surface area (Å²) in [6.45, 7) is 5.21. The van der Waals surface area contributed by atoms with Gasteiger partial charge in [0.25, 0.3) is 5.69 Å². The van der Waals surface area contributed by atoms with Crippen LogP contribution in [0, 0.1) is 10.1 Å². The number of carbonyl (C=O) groups is 2. The van der Waals surface area contributed by atoms with Gasteiger partial charge in [-0.3, -0.25) is 14.9 Å². The molecule has 2 aliphatic heterocycles. The van der Waals surface area contributed by atoms with Gasteiger partial charge >= 0.3 is 5.97 Å². The quantitative estimate of drug-likeness (QED) is 0.327. The number of hydrogen-bond acceptors (Lipinski definition) is 10. The molecule has 0 unspecified atom stereocenters. The number of nitrogens with zero attached hydrogens (tertiary/aromatic N) is 4. The molecular formula is C22H20N4O5S2. The highest BCUT2D eigenvalue weighted by molar-refractivity contribution is 8.29. The van der Waals surface area contributed by atoms with E-state index in [1.54, 1.807) is 24.1 Å². The number of anilines is 2. The lowest BCUT2D eigenvalue weighted by molar-refractivity contribution is -0.384. The molecule has 2 aliphatic rings. The molecule has 0 aliphatic carbocycles. The van der Waals surface area contributed by atoms with Gasteiger partial charge in [-0.25, -0.2) is 9.80 Å². The number of thioether (sulfide) groups is 2. The van der Waals surface area contributed by atoms with Crippen LogP contribution in [0.2, 0.25) is 0 Å². The van der Waals surface area contributed by atoms with Gasteiger partial charge in [-0.05, 0) is 49.9 Å². The molecule has 9 nitrogen and oxygen atoms in total. The molecule has 2 aromatic rings. The van der Waals surface area contributed by atoms with Crippen LogP contribution >= 0.6 is 23.5 Å². The van der Waals surface area contributed by atoms with Crippen molar-refractivity contribution in [1.29, 1.82) is 0 Å². The summed E-state index contributed by atoms with van der Waals surface area (Å²) < 4.78 is 4.21. The lowest BCUT2D eigenvalue weighted by atomic mass is 10.2. The zero-order valence-corrected chi connectivity index (χ0v) is 19.7. The fourth-order valence-electron chi connectivity index (χ4n) is 3.51. The zero-order chi connectivity index (χ0) is 23.8. The summed E-state index contributed by atoms with van der Waals surface area (Å²) in [5.41, 5.74) is 1.93. The van der Waals surface area contributed by atoms with E-state index in [2.05, 4.69) is 5.10 Å². The number of allylic oxidation sites excluding steroid dienone is 1. The van der Waals surface area contributed by atoms with Gasteiger partial charge in [0.1, 0.15) is 4.91 Å². The van der Waals surface area contributed by atoms with Crippen molar-refractivity contribution < 1.29 is 19.2 Å². The Morgan fingerprint density at radius 2 is 1.76 bits per heavy atom. The number of benzene rings is 2. The Morgan fingerprint density at radius 3 is 2.33 bits per heavy atom. The number of esters is 1. The number of non-ortho nitro benzene ring substituents is 1. The molecule has 0 radical (unpaired) electrons. The van der Waals surface area contributed by atoms with Crippen LogP contribution in [0.5, 0.6) is 0 Å². The van der Waals surface area contributed by atoms with E-state index in [9.17, 15) is 19.7 Å². The van der Waals surface area contributed by atoms with Gasteiger partial charge in [0.15, 0.2) is 10.8 Å². The minimum Gasteiger partial charge on any atom is -0.462 e. The lowest BCUT2D eigenvalue weighted by Gasteiger charge is -2.41. The third-order valence-electron chi connectivity index (χ3n) is 4.95. The number of ether oxygens (including phenoxy) is 1. The third kappa shape index (κ3) is 3.98. The summed E-state index contributed by atoms with van der Waals surface area (Å²) in [6.07, 6.45) is 0. The first-order valence-electron chi connectivity index (χ1n) is 10.0. The van der Waals surface area contributed by atoms with Crippen molar-refractivity contribution in [2.75, 3.05) is 16.5 Å². The first-order chi connectivity index (χ1) is 15.8. The molecule has 4 rings (SSSR count). The number of nitro benzene ring substituents is 1. The van der Waals surface area contributed by atoms with Gasteiger partial charge in [-0.2, -0.15) is 5.10 Å². The maximum Gasteiger partial charge on any atom is 0.346 e. The van der Waals surface area contributed by atoms with E-state index < -0.39 is 15.2 Å². The summed E-state index contributed by atoms with van der Waals surface area (Å²) in [7, 11) is 0. The maximum atomic E-state index is 12.8. The summed E-state index contributed by atoms with van der Waals surface area (Å²) >= 11 is 2.45. The highest BCUT2D eigenvalue weighted by Crippen LogP contribution is 2.60. The molecular weight excluding hydrogens is 464 g/mol. The van der Waals surface area contributed by atoms with Crippen LogP contribution in [0.25, 0.3) is 0 Å². The van der Waals surface area contributed by atoms with E-state index in [0.717, 1.165) is 5.69 Å². The van der Waals surface area contributed by atoms with E-state index in [4.69, 9.17) is 4.74 Å². The summed E-state index contributed by atoms with van der Waals surface area (Å²) in [5, 5.41) is 17.6. The van der Waals surface area contributed by atoms with E-state index in [1.807, 2.05) is 42.2 Å². The van der Waals surface area contributed by atoms with Gasteiger partial charge in [0, 0.05) is 30.4 Å². The molecule has 170 valence electrons. The molecule has 0 saturated heterocycles. The van der Waals surface area contributed by atoms with Gasteiger partial charge in [0.05, 0.1) is 17.2 Å². The highest BCUT2D eigenvalue weighted by atomic mass is 32.2. The largest absolute Gasteiger partial charge is 0.462 e. The van der Waals surface area contributed by atoms with E-state index in [0.29, 0.717) is 16.3 Å². The minimum atomic E-state index is -1.08. The number of carbonyl (C=O) groups excluding carboxylic acids is 2. The molecule has 0 amide bonds. The van der Waals surface area contributed by atoms with E-state index in [1.165, 1.54) is 42.6 Å². The highest BCUT2D eigenvalue weighted by Gasteiger charge is 2.58. The average molecular weight is 485 g/mol. The summed E-state index contributed by atoms with van der Waals surface area (Å²) in [4.78, 5) is 38.2. The predicted octanol–water partition coefficient (Wildman–Crippen LogP) is 4.71. The Labute approximate surface area is 198 Å². The second-order valence-corrected chi connectivity index (χ2v) is 9.71. The van der Waals surface area contributed by atoms with Gasteiger partial charge in [-0.15, -0.1) is 0 Å². The predicted molar refractivity (Wildman–Crippen MR) is 130 cm³/mol. The van der Waals surface area contributed by atoms with Crippen LogP contribution in [0.1, 0.15) is 20.8 Å². The van der Waals surface area contributed by atoms with E-state index >= 15 is 0 Å². The molecule has 0 saturated carbocycles. The molecule has 2 aromatic carbocycles. The van der Waals surface area contributed by atoms with Crippen molar-refractivity contribution in [2.45, 2.75) is 25.1 Å². The van der Waals surface area contributed by atoms with Crippen molar-refractivity contribution >= 4 is 57.4 Å². The maximum absolute atomic E-state index is 12.8. The van der Waals surface area contributed by atoms with Crippen LogP contribution in [-0.2, 0) is 14.3 Å². The normalized spacial score (nSPS) is 19.8. The van der Waals surface area contributed by atoms with Gasteiger partial charge in [0.2, 0.25) is 4.33 Å². The van der Waals surface area contributed by atoms with Crippen LogP contribution < -0.4 is 9.91 Å². The Kier molecular flexibility index (Phi) is 6.17. The summed E-state index contributed by atoms with van der Waals surface area (Å²) in [5.74, 6) is -0.682. The van der Waals surface area contributed by atoms with Crippen molar-refractivity contribution in [3.63, 3.8) is 0 Å². The van der Waals surface area contributed by atoms with Crippen LogP contribution in [-0.4, -0.2) is 32.7 Å². The molecule has 2 heterocycles. The molecule has 1 atom stereocenters. The van der Waals surface area contributed by atoms with Gasteiger partial charge in [-0.1, -0.05) is 30.0 Å². The standard InChI is InChI=1S/C22H20N4O5S2/c1-4-31-21(28)19-14(2)24(16-8-6-5-7-9-16)22(32-19)25(23-20(33-22)15(3)27)17-10-12-18(13-11-17)26(29)30/h5-13H,4H2,1-3H3/t22-/m1/s1. The lowest BCUT2D eigenvalue weighted by Crippen LogP contribution is -2.49.